The minimum atomic E-state index is 0.0349. The number of carbonyl (C=O) groups excluding carboxylic acids is 2. The first-order chi connectivity index (χ1) is 13.2. The Kier molecular flexibility index (Phi) is 6.80. The van der Waals surface area contributed by atoms with Crippen molar-refractivity contribution in [3.63, 3.8) is 0 Å². The van der Waals surface area contributed by atoms with E-state index in [0.717, 1.165) is 24.8 Å². The molecule has 0 aromatic heterocycles. The van der Waals surface area contributed by atoms with Gasteiger partial charge in [-0.1, -0.05) is 60.7 Å². The topological polar surface area (TPSA) is 49.4 Å². The second kappa shape index (κ2) is 9.72. The van der Waals surface area contributed by atoms with Gasteiger partial charge >= 0.3 is 0 Å². The van der Waals surface area contributed by atoms with Gasteiger partial charge in [-0.3, -0.25) is 9.59 Å². The maximum atomic E-state index is 12.3. The number of benzene rings is 2. The quantitative estimate of drug-likeness (QED) is 0.801. The number of rotatable bonds is 6. The van der Waals surface area contributed by atoms with Crippen LogP contribution in [0, 0.1) is 0 Å². The zero-order valence-corrected chi connectivity index (χ0v) is 15.5. The van der Waals surface area contributed by atoms with E-state index in [0.29, 0.717) is 19.5 Å². The summed E-state index contributed by atoms with van der Waals surface area (Å²) >= 11 is 0. The van der Waals surface area contributed by atoms with Crippen LogP contribution in [0.2, 0.25) is 0 Å². The van der Waals surface area contributed by atoms with Gasteiger partial charge in [-0.15, -0.1) is 0 Å². The Labute approximate surface area is 160 Å². The van der Waals surface area contributed by atoms with Crippen molar-refractivity contribution in [2.45, 2.75) is 31.7 Å². The minimum absolute atomic E-state index is 0.0349. The van der Waals surface area contributed by atoms with Crippen LogP contribution >= 0.6 is 0 Å². The number of carbonyl (C=O) groups is 2. The SMILES string of the molecule is O=C(CCc1ccccc1)NC1CCN(C(=O)/C=C/c2ccccc2)CC1. The average molecular weight is 362 g/mol. The van der Waals surface area contributed by atoms with Crippen molar-refractivity contribution in [2.75, 3.05) is 13.1 Å². The van der Waals surface area contributed by atoms with Gasteiger partial charge in [0.1, 0.15) is 0 Å². The zero-order valence-electron chi connectivity index (χ0n) is 15.5. The molecule has 4 heteroatoms. The Balaban J connectivity index is 1.38. The van der Waals surface area contributed by atoms with Crippen molar-refractivity contribution in [2.24, 2.45) is 0 Å². The lowest BCUT2D eigenvalue weighted by Gasteiger charge is -2.31. The number of aryl methyl sites for hydroxylation is 1. The Hall–Kier alpha value is -2.88. The predicted octanol–water partition coefficient (Wildman–Crippen LogP) is 3.44. The van der Waals surface area contributed by atoms with Gasteiger partial charge in [-0.2, -0.15) is 0 Å². The molecule has 2 aromatic carbocycles. The second-order valence-corrected chi connectivity index (χ2v) is 6.90. The number of hydrogen-bond acceptors (Lipinski definition) is 2. The molecule has 0 atom stereocenters. The van der Waals surface area contributed by atoms with Crippen molar-refractivity contribution >= 4 is 17.9 Å². The molecule has 0 saturated carbocycles. The van der Waals surface area contributed by atoms with Crippen molar-refractivity contribution in [1.29, 1.82) is 0 Å². The molecule has 1 aliphatic heterocycles. The van der Waals surface area contributed by atoms with Crippen LogP contribution < -0.4 is 5.32 Å². The van der Waals surface area contributed by atoms with Gasteiger partial charge in [0.05, 0.1) is 0 Å². The van der Waals surface area contributed by atoms with E-state index >= 15 is 0 Å². The number of amides is 2. The fourth-order valence-corrected chi connectivity index (χ4v) is 3.28. The first-order valence-electron chi connectivity index (χ1n) is 9.56. The van der Waals surface area contributed by atoms with E-state index in [4.69, 9.17) is 0 Å². The third-order valence-electron chi connectivity index (χ3n) is 4.87. The number of likely N-dealkylation sites (tertiary alicyclic amines) is 1. The molecule has 4 nitrogen and oxygen atoms in total. The van der Waals surface area contributed by atoms with Crippen molar-refractivity contribution in [3.8, 4) is 0 Å². The first-order valence-corrected chi connectivity index (χ1v) is 9.56. The van der Waals surface area contributed by atoms with Crippen molar-refractivity contribution < 1.29 is 9.59 Å². The summed E-state index contributed by atoms with van der Waals surface area (Å²) < 4.78 is 0. The van der Waals surface area contributed by atoms with E-state index in [2.05, 4.69) is 5.32 Å². The molecule has 0 unspecified atom stereocenters. The average Bonchev–Trinajstić information content (AvgIpc) is 2.72. The molecule has 2 aromatic rings. The summed E-state index contributed by atoms with van der Waals surface area (Å²) in [6.45, 7) is 1.36. The monoisotopic (exact) mass is 362 g/mol. The summed E-state index contributed by atoms with van der Waals surface area (Å²) in [5.74, 6) is 0.125. The fraction of sp³-hybridized carbons (Fsp3) is 0.304. The molecule has 0 aliphatic carbocycles. The van der Waals surface area contributed by atoms with Crippen LogP contribution in [0.3, 0.4) is 0 Å². The summed E-state index contributed by atoms with van der Waals surface area (Å²) in [5, 5.41) is 3.11. The Morgan fingerprint density at radius 3 is 2.26 bits per heavy atom. The third kappa shape index (κ3) is 6.10. The van der Waals surface area contributed by atoms with Crippen LogP contribution in [0.5, 0.6) is 0 Å². The lowest BCUT2D eigenvalue weighted by molar-refractivity contribution is -0.127. The molecule has 0 spiro atoms. The number of nitrogens with zero attached hydrogens (tertiary/aromatic N) is 1. The Bertz CT molecular complexity index is 763. The molecular weight excluding hydrogens is 336 g/mol. The fourth-order valence-electron chi connectivity index (χ4n) is 3.28. The second-order valence-electron chi connectivity index (χ2n) is 6.90. The summed E-state index contributed by atoms with van der Waals surface area (Å²) in [6, 6.07) is 20.0. The van der Waals surface area contributed by atoms with E-state index in [9.17, 15) is 9.59 Å². The molecule has 3 rings (SSSR count). The lowest BCUT2D eigenvalue weighted by atomic mass is 10.0. The molecule has 1 aliphatic rings. The zero-order chi connectivity index (χ0) is 18.9. The molecule has 1 saturated heterocycles. The lowest BCUT2D eigenvalue weighted by Crippen LogP contribution is -2.46. The van der Waals surface area contributed by atoms with Gasteiger partial charge < -0.3 is 10.2 Å². The normalized spacial score (nSPS) is 15.0. The predicted molar refractivity (Wildman–Crippen MR) is 108 cm³/mol. The van der Waals surface area contributed by atoms with Gasteiger partial charge in [0, 0.05) is 31.6 Å². The summed E-state index contributed by atoms with van der Waals surface area (Å²) in [4.78, 5) is 26.3. The van der Waals surface area contributed by atoms with Gasteiger partial charge in [0.25, 0.3) is 0 Å². The van der Waals surface area contributed by atoms with E-state index in [-0.39, 0.29) is 17.9 Å². The minimum Gasteiger partial charge on any atom is -0.353 e. The molecule has 0 radical (unpaired) electrons. The van der Waals surface area contributed by atoms with Gasteiger partial charge in [-0.25, -0.2) is 0 Å². The maximum absolute atomic E-state index is 12.3. The maximum Gasteiger partial charge on any atom is 0.246 e. The number of hydrogen-bond donors (Lipinski definition) is 1. The molecule has 1 heterocycles. The number of piperidine rings is 1. The molecular formula is C23H26N2O2. The highest BCUT2D eigenvalue weighted by atomic mass is 16.2. The van der Waals surface area contributed by atoms with Crippen LogP contribution in [0.1, 0.15) is 30.4 Å². The number of nitrogens with one attached hydrogen (secondary N) is 1. The van der Waals surface area contributed by atoms with Crippen molar-refractivity contribution in [1.82, 2.24) is 10.2 Å². The highest BCUT2D eigenvalue weighted by Crippen LogP contribution is 2.12. The van der Waals surface area contributed by atoms with Crippen molar-refractivity contribution in [3.05, 3.63) is 77.9 Å². The standard InChI is InChI=1S/C23H26N2O2/c26-22(13-11-19-7-3-1-4-8-19)24-21-15-17-25(18-16-21)23(27)14-12-20-9-5-2-6-10-20/h1-10,12,14,21H,11,13,15-18H2,(H,24,26)/b14-12+. The van der Waals surface area contributed by atoms with Crippen LogP contribution in [-0.4, -0.2) is 35.8 Å². The first kappa shape index (κ1) is 18.9. The molecule has 27 heavy (non-hydrogen) atoms. The van der Waals surface area contributed by atoms with E-state index in [1.54, 1.807) is 6.08 Å². The van der Waals surface area contributed by atoms with Crippen LogP contribution in [0.25, 0.3) is 6.08 Å². The van der Waals surface area contributed by atoms with Gasteiger partial charge in [-0.05, 0) is 36.5 Å². The highest BCUT2D eigenvalue weighted by Gasteiger charge is 2.22. The van der Waals surface area contributed by atoms with Crippen LogP contribution in [-0.2, 0) is 16.0 Å². The van der Waals surface area contributed by atoms with Gasteiger partial charge in [0.15, 0.2) is 0 Å². The van der Waals surface area contributed by atoms with Crippen LogP contribution in [0.15, 0.2) is 66.7 Å². The largest absolute Gasteiger partial charge is 0.353 e. The summed E-state index contributed by atoms with van der Waals surface area (Å²) in [5.41, 5.74) is 2.20. The molecule has 140 valence electrons. The highest BCUT2D eigenvalue weighted by molar-refractivity contribution is 5.91. The molecule has 1 fully saturated rings. The van der Waals surface area contributed by atoms with E-state index in [1.807, 2.05) is 71.6 Å². The van der Waals surface area contributed by atoms with Crippen LogP contribution in [0.4, 0.5) is 0 Å². The van der Waals surface area contributed by atoms with E-state index < -0.39 is 0 Å². The molecule has 2 amide bonds. The Morgan fingerprint density at radius 1 is 0.963 bits per heavy atom. The smallest absolute Gasteiger partial charge is 0.246 e. The molecule has 1 N–H and O–H groups in total. The molecule has 0 bridgehead atoms. The van der Waals surface area contributed by atoms with Gasteiger partial charge in [0.2, 0.25) is 11.8 Å². The van der Waals surface area contributed by atoms with E-state index in [1.165, 1.54) is 5.56 Å². The summed E-state index contributed by atoms with van der Waals surface area (Å²) in [7, 11) is 0. The summed E-state index contributed by atoms with van der Waals surface area (Å²) in [6.07, 6.45) is 6.36. The third-order valence-corrected chi connectivity index (χ3v) is 4.87. The Morgan fingerprint density at radius 2 is 1.59 bits per heavy atom.